The van der Waals surface area contributed by atoms with Crippen LogP contribution >= 0.6 is 23.2 Å². The zero-order chi connectivity index (χ0) is 23.3. The molecular formula is C23H28Cl2N2O4S. The standard InChI is InChI=1S/C23H28Cl2N2O4S/c1-16(2)31-20-6-3-17(4-7-20)14-26-23(28)19-9-11-27(12-10-19)32(29,30)15-18-5-8-21(24)22(25)13-18/h3-8,13,16,19H,9-12,14-15H2,1-2H3,(H,26,28). The molecule has 1 aliphatic heterocycles. The Morgan fingerprint density at radius 3 is 2.28 bits per heavy atom. The molecule has 0 unspecified atom stereocenters. The largest absolute Gasteiger partial charge is 0.491 e. The Hall–Kier alpha value is -1.80. The fraction of sp³-hybridized carbons (Fsp3) is 0.435. The molecule has 0 radical (unpaired) electrons. The molecule has 1 N–H and O–H groups in total. The fourth-order valence-electron chi connectivity index (χ4n) is 3.62. The van der Waals surface area contributed by atoms with Crippen LogP contribution in [0.1, 0.15) is 37.8 Å². The number of rotatable bonds is 8. The van der Waals surface area contributed by atoms with E-state index >= 15 is 0 Å². The van der Waals surface area contributed by atoms with Gasteiger partial charge in [0.05, 0.1) is 21.9 Å². The molecule has 1 saturated heterocycles. The average Bonchev–Trinajstić information content (AvgIpc) is 2.75. The molecule has 1 amide bonds. The van der Waals surface area contributed by atoms with Crippen molar-refractivity contribution in [3.05, 3.63) is 63.6 Å². The van der Waals surface area contributed by atoms with E-state index in [0.29, 0.717) is 48.1 Å². The van der Waals surface area contributed by atoms with Crippen LogP contribution in [0.4, 0.5) is 0 Å². The lowest BCUT2D eigenvalue weighted by molar-refractivity contribution is -0.126. The van der Waals surface area contributed by atoms with Gasteiger partial charge in [-0.1, -0.05) is 41.4 Å². The molecule has 0 aromatic heterocycles. The molecular weight excluding hydrogens is 471 g/mol. The first kappa shape index (κ1) is 24.8. The maximum Gasteiger partial charge on any atom is 0.223 e. The van der Waals surface area contributed by atoms with Gasteiger partial charge in [-0.15, -0.1) is 0 Å². The Kier molecular flexibility index (Phi) is 8.44. The molecule has 1 aliphatic rings. The molecule has 0 aliphatic carbocycles. The summed E-state index contributed by atoms with van der Waals surface area (Å²) < 4.78 is 32.6. The van der Waals surface area contributed by atoms with Crippen molar-refractivity contribution in [2.75, 3.05) is 13.1 Å². The van der Waals surface area contributed by atoms with Crippen molar-refractivity contribution >= 4 is 39.1 Å². The lowest BCUT2D eigenvalue weighted by atomic mass is 9.97. The molecule has 2 aromatic rings. The number of hydrogen-bond donors (Lipinski definition) is 1. The monoisotopic (exact) mass is 498 g/mol. The third-order valence-corrected chi connectivity index (χ3v) is 7.90. The molecule has 0 saturated carbocycles. The van der Waals surface area contributed by atoms with Crippen LogP contribution < -0.4 is 10.1 Å². The second-order valence-corrected chi connectivity index (χ2v) is 11.0. The van der Waals surface area contributed by atoms with Crippen molar-refractivity contribution in [2.45, 2.75) is 45.1 Å². The van der Waals surface area contributed by atoms with Gasteiger partial charge in [0.15, 0.2) is 0 Å². The first-order valence-electron chi connectivity index (χ1n) is 10.6. The molecule has 3 rings (SSSR count). The van der Waals surface area contributed by atoms with Crippen molar-refractivity contribution < 1.29 is 17.9 Å². The van der Waals surface area contributed by atoms with E-state index in [2.05, 4.69) is 5.32 Å². The van der Waals surface area contributed by atoms with Gasteiger partial charge in [0.1, 0.15) is 5.75 Å². The highest BCUT2D eigenvalue weighted by molar-refractivity contribution is 7.88. The number of carbonyl (C=O) groups excluding carboxylic acids is 1. The summed E-state index contributed by atoms with van der Waals surface area (Å²) in [7, 11) is -3.50. The minimum absolute atomic E-state index is 0.0472. The zero-order valence-electron chi connectivity index (χ0n) is 18.2. The molecule has 0 bridgehead atoms. The van der Waals surface area contributed by atoms with Crippen LogP contribution in [-0.2, 0) is 27.1 Å². The van der Waals surface area contributed by atoms with E-state index in [1.807, 2.05) is 38.1 Å². The Morgan fingerprint density at radius 2 is 1.69 bits per heavy atom. The normalized spacial score (nSPS) is 15.7. The van der Waals surface area contributed by atoms with E-state index in [4.69, 9.17) is 27.9 Å². The quantitative estimate of drug-likeness (QED) is 0.575. The molecule has 2 aromatic carbocycles. The lowest BCUT2D eigenvalue weighted by Crippen LogP contribution is -2.43. The molecule has 0 atom stereocenters. The predicted molar refractivity (Wildman–Crippen MR) is 127 cm³/mol. The highest BCUT2D eigenvalue weighted by Crippen LogP contribution is 2.26. The van der Waals surface area contributed by atoms with Crippen molar-refractivity contribution in [2.24, 2.45) is 5.92 Å². The average molecular weight is 499 g/mol. The van der Waals surface area contributed by atoms with E-state index < -0.39 is 10.0 Å². The smallest absolute Gasteiger partial charge is 0.223 e. The van der Waals surface area contributed by atoms with Gasteiger partial charge >= 0.3 is 0 Å². The fourth-order valence-corrected chi connectivity index (χ4v) is 5.49. The SMILES string of the molecule is CC(C)Oc1ccc(CNC(=O)C2CCN(S(=O)(=O)Cc3ccc(Cl)c(Cl)c3)CC2)cc1. The second-order valence-electron chi connectivity index (χ2n) is 8.21. The van der Waals surface area contributed by atoms with E-state index in [1.165, 1.54) is 4.31 Å². The van der Waals surface area contributed by atoms with E-state index in [9.17, 15) is 13.2 Å². The summed E-state index contributed by atoms with van der Waals surface area (Å²) in [4.78, 5) is 12.6. The van der Waals surface area contributed by atoms with Crippen LogP contribution in [-0.4, -0.2) is 37.8 Å². The summed E-state index contributed by atoms with van der Waals surface area (Å²) in [6.07, 6.45) is 1.10. The number of piperidine rings is 1. The summed E-state index contributed by atoms with van der Waals surface area (Å²) >= 11 is 11.9. The summed E-state index contributed by atoms with van der Waals surface area (Å²) in [5, 5.41) is 3.68. The van der Waals surface area contributed by atoms with Crippen LogP contribution in [0, 0.1) is 5.92 Å². The first-order valence-corrected chi connectivity index (χ1v) is 13.0. The predicted octanol–water partition coefficient (Wildman–Crippen LogP) is 4.64. The minimum atomic E-state index is -3.50. The van der Waals surface area contributed by atoms with E-state index in [0.717, 1.165) is 11.3 Å². The van der Waals surface area contributed by atoms with E-state index in [-0.39, 0.29) is 23.7 Å². The number of sulfonamides is 1. The van der Waals surface area contributed by atoms with Gasteiger partial charge in [-0.3, -0.25) is 4.79 Å². The van der Waals surface area contributed by atoms with Crippen molar-refractivity contribution in [1.82, 2.24) is 9.62 Å². The molecule has 1 fully saturated rings. The number of ether oxygens (including phenoxy) is 1. The lowest BCUT2D eigenvalue weighted by Gasteiger charge is -2.30. The molecule has 6 nitrogen and oxygen atoms in total. The summed E-state index contributed by atoms with van der Waals surface area (Å²) in [6.45, 7) is 5.01. The van der Waals surface area contributed by atoms with Gasteiger partial charge in [-0.2, -0.15) is 0 Å². The zero-order valence-corrected chi connectivity index (χ0v) is 20.5. The van der Waals surface area contributed by atoms with Crippen LogP contribution in [0.25, 0.3) is 0 Å². The molecule has 174 valence electrons. The van der Waals surface area contributed by atoms with Crippen LogP contribution in [0.5, 0.6) is 5.75 Å². The second kappa shape index (κ2) is 10.9. The molecule has 0 spiro atoms. The number of carbonyl (C=O) groups is 1. The highest BCUT2D eigenvalue weighted by Gasteiger charge is 2.31. The van der Waals surface area contributed by atoms with Crippen molar-refractivity contribution in [3.8, 4) is 5.75 Å². The van der Waals surface area contributed by atoms with Gasteiger partial charge in [-0.05, 0) is 62.1 Å². The van der Waals surface area contributed by atoms with E-state index in [1.54, 1.807) is 18.2 Å². The summed E-state index contributed by atoms with van der Waals surface area (Å²) in [5.74, 6) is 0.408. The Labute approximate surface area is 199 Å². The molecule has 9 heteroatoms. The number of halogens is 2. The third kappa shape index (κ3) is 6.85. The number of benzene rings is 2. The van der Waals surface area contributed by atoms with Crippen LogP contribution in [0.2, 0.25) is 10.0 Å². The number of amides is 1. The molecule has 1 heterocycles. The summed E-state index contributed by atoms with van der Waals surface area (Å²) in [6, 6.07) is 12.5. The van der Waals surface area contributed by atoms with Crippen molar-refractivity contribution in [1.29, 1.82) is 0 Å². The summed E-state index contributed by atoms with van der Waals surface area (Å²) in [5.41, 5.74) is 1.57. The maximum atomic E-state index is 12.8. The van der Waals surface area contributed by atoms with Gasteiger partial charge < -0.3 is 10.1 Å². The number of nitrogens with one attached hydrogen (secondary N) is 1. The van der Waals surface area contributed by atoms with Crippen molar-refractivity contribution in [3.63, 3.8) is 0 Å². The number of hydrogen-bond acceptors (Lipinski definition) is 4. The topological polar surface area (TPSA) is 75.7 Å². The third-order valence-electron chi connectivity index (χ3n) is 5.31. The van der Waals surface area contributed by atoms with Gasteiger partial charge in [0, 0.05) is 25.6 Å². The maximum absolute atomic E-state index is 12.8. The number of nitrogens with zero attached hydrogens (tertiary/aromatic N) is 1. The van der Waals surface area contributed by atoms with Gasteiger partial charge in [0.25, 0.3) is 0 Å². The van der Waals surface area contributed by atoms with Crippen LogP contribution in [0.3, 0.4) is 0 Å². The first-order chi connectivity index (χ1) is 15.1. The molecule has 32 heavy (non-hydrogen) atoms. The Bertz CT molecular complexity index is 1030. The highest BCUT2D eigenvalue weighted by atomic mass is 35.5. The van der Waals surface area contributed by atoms with Gasteiger partial charge in [-0.25, -0.2) is 12.7 Å². The van der Waals surface area contributed by atoms with Crippen LogP contribution in [0.15, 0.2) is 42.5 Å². The Morgan fingerprint density at radius 1 is 1.06 bits per heavy atom. The minimum Gasteiger partial charge on any atom is -0.491 e. The Balaban J connectivity index is 1.48. The van der Waals surface area contributed by atoms with Gasteiger partial charge in [0.2, 0.25) is 15.9 Å².